The van der Waals surface area contributed by atoms with E-state index in [-0.39, 0.29) is 5.56 Å². The number of hydrogen-bond acceptors (Lipinski definition) is 3. The molecule has 0 aliphatic rings. The van der Waals surface area contributed by atoms with Crippen molar-refractivity contribution in [2.75, 3.05) is 0 Å². The molecule has 0 unspecified atom stereocenters. The fourth-order valence-electron chi connectivity index (χ4n) is 1.14. The zero-order valence-corrected chi connectivity index (χ0v) is 9.28. The van der Waals surface area contributed by atoms with Gasteiger partial charge in [-0.25, -0.2) is 0 Å². The van der Waals surface area contributed by atoms with Gasteiger partial charge >= 0.3 is 6.18 Å². The van der Waals surface area contributed by atoms with E-state index in [9.17, 15) is 27.9 Å². The molecular weight excluding hydrogens is 249 g/mol. The van der Waals surface area contributed by atoms with Crippen LogP contribution < -0.4 is 0 Å². The van der Waals surface area contributed by atoms with Crippen LogP contribution in [0, 0.1) is 0 Å². The van der Waals surface area contributed by atoms with Gasteiger partial charge in [0.05, 0.1) is 5.56 Å². The van der Waals surface area contributed by atoms with Gasteiger partial charge in [0.15, 0.2) is 5.78 Å². The molecule has 1 aromatic carbocycles. The van der Waals surface area contributed by atoms with Crippen molar-refractivity contribution in [1.82, 2.24) is 0 Å². The van der Waals surface area contributed by atoms with Crippen molar-refractivity contribution in [3.8, 4) is 0 Å². The summed E-state index contributed by atoms with van der Waals surface area (Å²) < 4.78 is 36.8. The third kappa shape index (κ3) is 3.44. The van der Waals surface area contributed by atoms with Gasteiger partial charge in [-0.3, -0.25) is 9.59 Å². The highest BCUT2D eigenvalue weighted by atomic mass is 19.4. The molecule has 0 heterocycles. The number of aliphatic hydroxyl groups is 1. The van der Waals surface area contributed by atoms with Gasteiger partial charge in [0.1, 0.15) is 5.76 Å². The SMILES string of the molecule is CC(=O)C(=O)/C=C(\O)c1ccc(C(F)(F)F)cc1. The smallest absolute Gasteiger partial charge is 0.416 e. The Kier molecular flexibility index (Phi) is 3.90. The van der Waals surface area contributed by atoms with Crippen molar-refractivity contribution < 1.29 is 27.9 Å². The van der Waals surface area contributed by atoms with Gasteiger partial charge in [-0.05, 0) is 12.1 Å². The predicted molar refractivity (Wildman–Crippen MR) is 57.7 cm³/mol. The summed E-state index contributed by atoms with van der Waals surface area (Å²) in [5, 5.41) is 9.44. The minimum absolute atomic E-state index is 0.0256. The standard InChI is InChI=1S/C12H9F3O3/c1-7(16)10(17)6-11(18)8-2-4-9(5-3-8)12(13,14)15/h2-6,18H,1H3/b11-6-. The predicted octanol–water partition coefficient (Wildman–Crippen LogP) is 2.76. The second-order valence-electron chi connectivity index (χ2n) is 3.53. The number of ketones is 2. The second kappa shape index (κ2) is 5.03. The van der Waals surface area contributed by atoms with Crippen molar-refractivity contribution >= 4 is 17.3 Å². The summed E-state index contributed by atoms with van der Waals surface area (Å²) in [4.78, 5) is 21.6. The average Bonchev–Trinajstić information content (AvgIpc) is 2.27. The molecule has 0 bridgehead atoms. The fraction of sp³-hybridized carbons (Fsp3) is 0.167. The van der Waals surface area contributed by atoms with E-state index in [1.165, 1.54) is 0 Å². The zero-order valence-electron chi connectivity index (χ0n) is 9.28. The summed E-state index contributed by atoms with van der Waals surface area (Å²) in [6.07, 6.45) is -3.79. The molecule has 0 spiro atoms. The summed E-state index contributed by atoms with van der Waals surface area (Å²) in [5.41, 5.74) is -0.838. The molecule has 6 heteroatoms. The van der Waals surface area contributed by atoms with Gasteiger partial charge in [0.25, 0.3) is 0 Å². The van der Waals surface area contributed by atoms with Gasteiger partial charge < -0.3 is 5.11 Å². The Morgan fingerprint density at radius 3 is 2.06 bits per heavy atom. The molecule has 96 valence electrons. The Hall–Kier alpha value is -2.11. The van der Waals surface area contributed by atoms with Crippen LogP contribution in [-0.2, 0) is 15.8 Å². The number of benzene rings is 1. The van der Waals surface area contributed by atoms with Crippen LogP contribution in [0.5, 0.6) is 0 Å². The van der Waals surface area contributed by atoms with Gasteiger partial charge in [-0.1, -0.05) is 12.1 Å². The number of allylic oxidation sites excluding steroid dienone is 1. The number of rotatable bonds is 3. The summed E-state index contributed by atoms with van der Waals surface area (Å²) in [6.45, 7) is 1.03. The van der Waals surface area contributed by atoms with E-state index in [4.69, 9.17) is 0 Å². The molecule has 0 aliphatic heterocycles. The molecule has 0 radical (unpaired) electrons. The quantitative estimate of drug-likeness (QED) is 0.515. The van der Waals surface area contributed by atoms with Crippen LogP contribution in [0.2, 0.25) is 0 Å². The number of aliphatic hydroxyl groups excluding tert-OH is 1. The molecular formula is C12H9F3O3. The van der Waals surface area contributed by atoms with Crippen molar-refractivity contribution in [2.24, 2.45) is 0 Å². The zero-order chi connectivity index (χ0) is 13.9. The number of hydrogen-bond donors (Lipinski definition) is 1. The maximum atomic E-state index is 12.3. The molecule has 1 rings (SSSR count). The lowest BCUT2D eigenvalue weighted by molar-refractivity contribution is -0.137. The molecule has 3 nitrogen and oxygen atoms in total. The highest BCUT2D eigenvalue weighted by Gasteiger charge is 2.30. The number of halogens is 3. The molecule has 0 aromatic heterocycles. The first kappa shape index (κ1) is 14.0. The Balaban J connectivity index is 2.99. The van der Waals surface area contributed by atoms with Gasteiger partial charge in [-0.15, -0.1) is 0 Å². The van der Waals surface area contributed by atoms with Crippen LogP contribution >= 0.6 is 0 Å². The Bertz CT molecular complexity index is 498. The largest absolute Gasteiger partial charge is 0.507 e. The molecule has 18 heavy (non-hydrogen) atoms. The van der Waals surface area contributed by atoms with Crippen LogP contribution in [-0.4, -0.2) is 16.7 Å². The van der Waals surface area contributed by atoms with E-state index >= 15 is 0 Å². The van der Waals surface area contributed by atoms with E-state index in [1.54, 1.807) is 0 Å². The summed E-state index contributed by atoms with van der Waals surface area (Å²) in [7, 11) is 0. The van der Waals surface area contributed by atoms with Crippen molar-refractivity contribution in [3.63, 3.8) is 0 Å². The van der Waals surface area contributed by atoms with E-state index in [0.29, 0.717) is 6.08 Å². The van der Waals surface area contributed by atoms with E-state index in [1.807, 2.05) is 0 Å². The highest BCUT2D eigenvalue weighted by molar-refractivity contribution is 6.41. The molecule has 0 saturated carbocycles. The lowest BCUT2D eigenvalue weighted by atomic mass is 10.1. The first-order valence-electron chi connectivity index (χ1n) is 4.85. The topological polar surface area (TPSA) is 54.4 Å². The van der Waals surface area contributed by atoms with Crippen molar-refractivity contribution in [1.29, 1.82) is 0 Å². The second-order valence-corrected chi connectivity index (χ2v) is 3.53. The van der Waals surface area contributed by atoms with Crippen LogP contribution in [0.1, 0.15) is 18.1 Å². The van der Waals surface area contributed by atoms with E-state index in [2.05, 4.69) is 0 Å². The normalized spacial score (nSPS) is 12.3. The van der Waals surface area contributed by atoms with Gasteiger partial charge in [-0.2, -0.15) is 13.2 Å². The summed E-state index contributed by atoms with van der Waals surface area (Å²) in [5.74, 6) is -2.25. The maximum Gasteiger partial charge on any atom is 0.416 e. The van der Waals surface area contributed by atoms with Gasteiger partial charge in [0, 0.05) is 18.6 Å². The summed E-state index contributed by atoms with van der Waals surface area (Å²) >= 11 is 0. The Morgan fingerprint density at radius 1 is 1.17 bits per heavy atom. The minimum atomic E-state index is -4.47. The highest BCUT2D eigenvalue weighted by Crippen LogP contribution is 2.29. The average molecular weight is 258 g/mol. The minimum Gasteiger partial charge on any atom is -0.507 e. The monoisotopic (exact) mass is 258 g/mol. The Labute approximate surface area is 101 Å². The van der Waals surface area contributed by atoms with Crippen molar-refractivity contribution in [3.05, 3.63) is 41.5 Å². The molecule has 0 atom stereocenters. The van der Waals surface area contributed by atoms with E-state index < -0.39 is 29.1 Å². The van der Waals surface area contributed by atoms with Crippen LogP contribution in [0.3, 0.4) is 0 Å². The number of carbonyl (C=O) groups is 2. The third-order valence-electron chi connectivity index (χ3n) is 2.12. The maximum absolute atomic E-state index is 12.3. The van der Waals surface area contributed by atoms with Gasteiger partial charge in [0.2, 0.25) is 5.78 Å². The molecule has 1 aromatic rings. The molecule has 0 saturated heterocycles. The molecule has 0 amide bonds. The lowest BCUT2D eigenvalue weighted by Crippen LogP contribution is -2.06. The number of Topliss-reactive ketones (excluding diaryl/α,β-unsaturated/α-hetero) is 1. The lowest BCUT2D eigenvalue weighted by Gasteiger charge is -2.07. The molecule has 0 fully saturated rings. The third-order valence-corrected chi connectivity index (χ3v) is 2.12. The molecule has 1 N–H and O–H groups in total. The fourth-order valence-corrected chi connectivity index (χ4v) is 1.14. The first-order valence-corrected chi connectivity index (χ1v) is 4.85. The van der Waals surface area contributed by atoms with Crippen LogP contribution in [0.4, 0.5) is 13.2 Å². The van der Waals surface area contributed by atoms with Crippen LogP contribution in [0.15, 0.2) is 30.3 Å². The number of carbonyl (C=O) groups excluding carboxylic acids is 2. The van der Waals surface area contributed by atoms with E-state index in [0.717, 1.165) is 31.2 Å². The van der Waals surface area contributed by atoms with Crippen LogP contribution in [0.25, 0.3) is 5.76 Å². The molecule has 0 aliphatic carbocycles. The summed E-state index contributed by atoms with van der Waals surface area (Å²) in [6, 6.07) is 3.58. The number of alkyl halides is 3. The van der Waals surface area contributed by atoms with Crippen molar-refractivity contribution in [2.45, 2.75) is 13.1 Å². The first-order chi connectivity index (χ1) is 8.21. The Morgan fingerprint density at radius 2 is 1.67 bits per heavy atom.